The lowest BCUT2D eigenvalue weighted by Gasteiger charge is -2.06. The van der Waals surface area contributed by atoms with Crippen LogP contribution in [0.5, 0.6) is 0 Å². The van der Waals surface area contributed by atoms with Gasteiger partial charge in [0.25, 0.3) is 5.56 Å². The minimum absolute atomic E-state index is 0.0540. The van der Waals surface area contributed by atoms with E-state index in [1.54, 1.807) is 0 Å². The van der Waals surface area contributed by atoms with Gasteiger partial charge < -0.3 is 5.32 Å². The molecule has 1 aromatic heterocycles. The molecule has 1 aromatic rings. The van der Waals surface area contributed by atoms with E-state index in [1.807, 2.05) is 6.92 Å². The van der Waals surface area contributed by atoms with Crippen molar-refractivity contribution in [2.24, 2.45) is 0 Å². The summed E-state index contributed by atoms with van der Waals surface area (Å²) >= 11 is 8.65. The van der Waals surface area contributed by atoms with Gasteiger partial charge in [-0.3, -0.25) is 14.2 Å². The molecule has 5 nitrogen and oxygen atoms in total. The summed E-state index contributed by atoms with van der Waals surface area (Å²) in [6.45, 7) is 2.49. The molecule has 0 saturated carbocycles. The lowest BCUT2D eigenvalue weighted by Crippen LogP contribution is -2.33. The number of hydrogen-bond acceptors (Lipinski definition) is 3. The number of nitrogens with one attached hydrogen (secondary N) is 1. The van der Waals surface area contributed by atoms with Crippen LogP contribution in [-0.2, 0) is 11.3 Å². The van der Waals surface area contributed by atoms with Crippen molar-refractivity contribution < 1.29 is 4.79 Å². The van der Waals surface area contributed by atoms with Crippen LogP contribution in [0.3, 0.4) is 0 Å². The van der Waals surface area contributed by atoms with Gasteiger partial charge in [0.2, 0.25) is 5.91 Å². The van der Waals surface area contributed by atoms with Crippen LogP contribution in [0.15, 0.2) is 15.6 Å². The van der Waals surface area contributed by atoms with Crippen molar-refractivity contribution in [2.45, 2.75) is 19.9 Å². The second kappa shape index (κ2) is 6.00. The predicted octanol–water partition coefficient (Wildman–Crippen LogP) is 1.19. The summed E-state index contributed by atoms with van der Waals surface area (Å²) in [5.41, 5.74) is -0.369. The number of halogens is 2. The average Bonchev–Trinajstić information content (AvgIpc) is 2.27. The van der Waals surface area contributed by atoms with E-state index in [4.69, 9.17) is 11.6 Å². The third-order valence-corrected chi connectivity index (χ3v) is 3.06. The first kappa shape index (κ1) is 13.2. The Labute approximate surface area is 106 Å². The molecular formula is C9H11BrClN3O2. The first-order chi connectivity index (χ1) is 7.56. The highest BCUT2D eigenvalue weighted by atomic mass is 79.9. The predicted molar refractivity (Wildman–Crippen MR) is 64.5 cm³/mol. The molecule has 1 amide bonds. The van der Waals surface area contributed by atoms with Crippen molar-refractivity contribution >= 4 is 33.4 Å². The lowest BCUT2D eigenvalue weighted by molar-refractivity contribution is -0.121. The molecule has 16 heavy (non-hydrogen) atoms. The molecule has 0 aromatic carbocycles. The molecule has 0 unspecified atom stereocenters. The van der Waals surface area contributed by atoms with Crippen molar-refractivity contribution in [1.82, 2.24) is 14.9 Å². The highest BCUT2D eigenvalue weighted by molar-refractivity contribution is 9.10. The second-order valence-electron chi connectivity index (χ2n) is 3.13. The van der Waals surface area contributed by atoms with Gasteiger partial charge in [-0.05, 0) is 22.4 Å². The topological polar surface area (TPSA) is 64.0 Å². The van der Waals surface area contributed by atoms with E-state index in [0.717, 1.165) is 6.42 Å². The number of aromatic nitrogens is 2. The van der Waals surface area contributed by atoms with E-state index >= 15 is 0 Å². The number of carbonyl (C=O) groups excluding carboxylic acids is 1. The van der Waals surface area contributed by atoms with E-state index in [1.165, 1.54) is 10.9 Å². The molecule has 0 aliphatic carbocycles. The fourth-order valence-corrected chi connectivity index (χ4v) is 1.49. The van der Waals surface area contributed by atoms with Crippen LogP contribution in [0.4, 0.5) is 0 Å². The van der Waals surface area contributed by atoms with E-state index in [9.17, 15) is 9.59 Å². The zero-order chi connectivity index (χ0) is 12.1. The fraction of sp³-hybridized carbons (Fsp3) is 0.444. The zero-order valence-electron chi connectivity index (χ0n) is 8.67. The number of carbonyl (C=O) groups is 1. The van der Waals surface area contributed by atoms with Crippen molar-refractivity contribution in [3.63, 3.8) is 0 Å². The first-order valence-corrected chi connectivity index (χ1v) is 5.90. The van der Waals surface area contributed by atoms with E-state index < -0.39 is 0 Å². The van der Waals surface area contributed by atoms with Gasteiger partial charge in [0.15, 0.2) is 5.15 Å². The number of amides is 1. The average molecular weight is 309 g/mol. The molecule has 0 aliphatic rings. The minimum Gasteiger partial charge on any atom is -0.355 e. The fourth-order valence-electron chi connectivity index (χ4n) is 1.03. The molecule has 88 valence electrons. The van der Waals surface area contributed by atoms with Crippen LogP contribution in [0, 0.1) is 0 Å². The molecule has 0 fully saturated rings. The van der Waals surface area contributed by atoms with Crippen LogP contribution < -0.4 is 10.9 Å². The van der Waals surface area contributed by atoms with E-state index in [0.29, 0.717) is 6.54 Å². The molecule has 0 aliphatic heterocycles. The van der Waals surface area contributed by atoms with Gasteiger partial charge in [-0.25, -0.2) is 4.98 Å². The molecule has 0 bridgehead atoms. The Bertz CT molecular complexity index is 447. The van der Waals surface area contributed by atoms with Crippen LogP contribution >= 0.6 is 27.5 Å². The van der Waals surface area contributed by atoms with Gasteiger partial charge >= 0.3 is 0 Å². The lowest BCUT2D eigenvalue weighted by atomic mass is 10.4. The maximum absolute atomic E-state index is 11.6. The van der Waals surface area contributed by atoms with Crippen molar-refractivity contribution in [3.8, 4) is 0 Å². The molecule has 1 heterocycles. The maximum Gasteiger partial charge on any atom is 0.269 e. The first-order valence-electron chi connectivity index (χ1n) is 4.73. The minimum atomic E-state index is -0.369. The molecule has 0 saturated heterocycles. The Kier molecular flexibility index (Phi) is 4.95. The molecule has 0 spiro atoms. The third-order valence-electron chi connectivity index (χ3n) is 1.83. The zero-order valence-corrected chi connectivity index (χ0v) is 11.0. The SMILES string of the molecule is CCCNC(=O)Cn1cnc(Cl)c(Br)c1=O. The van der Waals surface area contributed by atoms with Crippen molar-refractivity contribution in [3.05, 3.63) is 26.3 Å². The Hall–Kier alpha value is -0.880. The van der Waals surface area contributed by atoms with Gasteiger partial charge in [-0.1, -0.05) is 18.5 Å². The number of hydrogen-bond donors (Lipinski definition) is 1. The van der Waals surface area contributed by atoms with Gasteiger partial charge in [-0.2, -0.15) is 0 Å². The quantitative estimate of drug-likeness (QED) is 0.850. The molecule has 0 radical (unpaired) electrons. The van der Waals surface area contributed by atoms with Gasteiger partial charge in [0, 0.05) is 6.54 Å². The largest absolute Gasteiger partial charge is 0.355 e. The monoisotopic (exact) mass is 307 g/mol. The highest BCUT2D eigenvalue weighted by Gasteiger charge is 2.09. The van der Waals surface area contributed by atoms with Crippen LogP contribution in [0.1, 0.15) is 13.3 Å². The van der Waals surface area contributed by atoms with Crippen LogP contribution in [0.2, 0.25) is 5.15 Å². The summed E-state index contributed by atoms with van der Waals surface area (Å²) in [7, 11) is 0. The number of rotatable bonds is 4. The van der Waals surface area contributed by atoms with Gasteiger partial charge in [0.05, 0.1) is 6.33 Å². The smallest absolute Gasteiger partial charge is 0.269 e. The summed E-state index contributed by atoms with van der Waals surface area (Å²) < 4.78 is 1.36. The van der Waals surface area contributed by atoms with Gasteiger partial charge in [0.1, 0.15) is 11.0 Å². The number of nitrogens with zero attached hydrogens (tertiary/aromatic N) is 2. The van der Waals surface area contributed by atoms with E-state index in [2.05, 4.69) is 26.2 Å². The summed E-state index contributed by atoms with van der Waals surface area (Å²) in [5.74, 6) is -0.222. The van der Waals surface area contributed by atoms with Crippen molar-refractivity contribution in [1.29, 1.82) is 0 Å². The summed E-state index contributed by atoms with van der Waals surface area (Å²) in [4.78, 5) is 26.8. The Morgan fingerprint density at radius 1 is 1.69 bits per heavy atom. The third kappa shape index (κ3) is 3.31. The molecule has 1 N–H and O–H groups in total. The molecule has 0 atom stereocenters. The summed E-state index contributed by atoms with van der Waals surface area (Å²) in [5, 5.41) is 2.76. The summed E-state index contributed by atoms with van der Waals surface area (Å²) in [6, 6.07) is 0. The second-order valence-corrected chi connectivity index (χ2v) is 4.28. The van der Waals surface area contributed by atoms with Gasteiger partial charge in [-0.15, -0.1) is 0 Å². The Morgan fingerprint density at radius 2 is 2.38 bits per heavy atom. The standard InChI is InChI=1S/C9H11BrClN3O2/c1-2-3-12-6(15)4-14-5-13-8(11)7(10)9(14)16/h5H,2-4H2,1H3,(H,12,15). The molecule has 7 heteroatoms. The Balaban J connectivity index is 2.79. The molecule has 1 rings (SSSR count). The Morgan fingerprint density at radius 3 is 3.00 bits per heavy atom. The normalized spacial score (nSPS) is 10.2. The molecular weight excluding hydrogens is 297 g/mol. The maximum atomic E-state index is 11.6. The van der Waals surface area contributed by atoms with Crippen molar-refractivity contribution in [2.75, 3.05) is 6.54 Å². The van der Waals surface area contributed by atoms with Crippen LogP contribution in [0.25, 0.3) is 0 Å². The van der Waals surface area contributed by atoms with E-state index in [-0.39, 0.29) is 27.6 Å². The van der Waals surface area contributed by atoms with Crippen LogP contribution in [-0.4, -0.2) is 22.0 Å². The highest BCUT2D eigenvalue weighted by Crippen LogP contribution is 2.13. The summed E-state index contributed by atoms with van der Waals surface area (Å²) in [6.07, 6.45) is 2.10.